The second-order valence-electron chi connectivity index (χ2n) is 9.76. The van der Waals surface area contributed by atoms with E-state index >= 15 is 0 Å². The SMILES string of the molecule is COc1cccc(CC(=O)N2CCN(C(=O)C(C)NC(=O)c3ccc(C(C)(C)C)cc3)CC2)c1. The summed E-state index contributed by atoms with van der Waals surface area (Å²) >= 11 is 0. The molecule has 1 heterocycles. The van der Waals surface area contributed by atoms with E-state index in [1.54, 1.807) is 36.0 Å². The highest BCUT2D eigenvalue weighted by Gasteiger charge is 2.28. The fourth-order valence-electron chi connectivity index (χ4n) is 3.98. The Morgan fingerprint density at radius 2 is 1.59 bits per heavy atom. The zero-order valence-corrected chi connectivity index (χ0v) is 20.8. The van der Waals surface area contributed by atoms with Crippen LogP contribution in [-0.4, -0.2) is 66.9 Å². The number of benzene rings is 2. The first-order chi connectivity index (χ1) is 16.1. The van der Waals surface area contributed by atoms with Gasteiger partial charge < -0.3 is 19.9 Å². The van der Waals surface area contributed by atoms with Crippen LogP contribution in [0, 0.1) is 0 Å². The van der Waals surface area contributed by atoms with E-state index < -0.39 is 6.04 Å². The van der Waals surface area contributed by atoms with Crippen LogP contribution in [0.2, 0.25) is 0 Å². The van der Waals surface area contributed by atoms with Crippen molar-refractivity contribution in [2.45, 2.75) is 45.6 Å². The van der Waals surface area contributed by atoms with Gasteiger partial charge in [-0.2, -0.15) is 0 Å². The van der Waals surface area contributed by atoms with Crippen molar-refractivity contribution in [1.29, 1.82) is 0 Å². The summed E-state index contributed by atoms with van der Waals surface area (Å²) in [6.07, 6.45) is 0.297. The van der Waals surface area contributed by atoms with Gasteiger partial charge in [-0.1, -0.05) is 45.0 Å². The summed E-state index contributed by atoms with van der Waals surface area (Å²) in [7, 11) is 1.60. The first-order valence-electron chi connectivity index (χ1n) is 11.7. The Balaban J connectivity index is 1.49. The molecule has 7 heteroatoms. The maximum Gasteiger partial charge on any atom is 0.251 e. The Morgan fingerprint density at radius 3 is 2.18 bits per heavy atom. The van der Waals surface area contributed by atoms with Gasteiger partial charge in [0.05, 0.1) is 13.5 Å². The van der Waals surface area contributed by atoms with Gasteiger partial charge in [0.2, 0.25) is 11.8 Å². The first kappa shape index (κ1) is 25.3. The molecule has 2 aromatic rings. The second-order valence-corrected chi connectivity index (χ2v) is 9.76. The van der Waals surface area contributed by atoms with Gasteiger partial charge >= 0.3 is 0 Å². The summed E-state index contributed by atoms with van der Waals surface area (Å²) in [6, 6.07) is 14.3. The summed E-state index contributed by atoms with van der Waals surface area (Å²) < 4.78 is 5.22. The van der Waals surface area contributed by atoms with Crippen molar-refractivity contribution < 1.29 is 19.1 Å². The number of piperazine rings is 1. The van der Waals surface area contributed by atoms with Crippen molar-refractivity contribution >= 4 is 17.7 Å². The number of rotatable bonds is 6. The van der Waals surface area contributed by atoms with E-state index in [1.165, 1.54) is 0 Å². The van der Waals surface area contributed by atoms with E-state index in [1.807, 2.05) is 36.4 Å². The molecule has 0 spiro atoms. The number of methoxy groups -OCH3 is 1. The minimum Gasteiger partial charge on any atom is -0.497 e. The topological polar surface area (TPSA) is 79.0 Å². The lowest BCUT2D eigenvalue weighted by Crippen LogP contribution is -2.55. The summed E-state index contributed by atoms with van der Waals surface area (Å²) in [4.78, 5) is 41.7. The largest absolute Gasteiger partial charge is 0.497 e. The molecule has 1 aliphatic rings. The third kappa shape index (κ3) is 6.37. The summed E-state index contributed by atoms with van der Waals surface area (Å²) in [5, 5.41) is 2.81. The van der Waals surface area contributed by atoms with E-state index in [9.17, 15) is 14.4 Å². The average molecular weight is 466 g/mol. The number of hydrogen-bond donors (Lipinski definition) is 1. The maximum atomic E-state index is 12.9. The van der Waals surface area contributed by atoms with Crippen molar-refractivity contribution in [3.8, 4) is 5.75 Å². The maximum absolute atomic E-state index is 12.9. The minimum atomic E-state index is -0.645. The van der Waals surface area contributed by atoms with E-state index in [-0.39, 0.29) is 23.1 Å². The molecule has 34 heavy (non-hydrogen) atoms. The average Bonchev–Trinajstić information content (AvgIpc) is 2.83. The van der Waals surface area contributed by atoms with Crippen molar-refractivity contribution in [3.05, 3.63) is 65.2 Å². The number of nitrogens with zero attached hydrogens (tertiary/aromatic N) is 2. The normalized spacial score (nSPS) is 15.0. The number of carbonyl (C=O) groups is 3. The molecule has 7 nitrogen and oxygen atoms in total. The molecule has 0 bridgehead atoms. The van der Waals surface area contributed by atoms with Crippen LogP contribution in [0.1, 0.15) is 49.2 Å². The molecule has 0 saturated carbocycles. The monoisotopic (exact) mass is 465 g/mol. The van der Waals surface area contributed by atoms with Crippen LogP contribution in [-0.2, 0) is 21.4 Å². The van der Waals surface area contributed by atoms with Gasteiger partial charge in [0, 0.05) is 31.7 Å². The molecule has 1 N–H and O–H groups in total. The molecule has 0 aromatic heterocycles. The zero-order chi connectivity index (χ0) is 24.9. The van der Waals surface area contributed by atoms with Crippen LogP contribution in [0.5, 0.6) is 5.75 Å². The van der Waals surface area contributed by atoms with Crippen LogP contribution in [0.3, 0.4) is 0 Å². The van der Waals surface area contributed by atoms with E-state index in [0.29, 0.717) is 38.2 Å². The lowest BCUT2D eigenvalue weighted by atomic mass is 9.86. The highest BCUT2D eigenvalue weighted by atomic mass is 16.5. The number of hydrogen-bond acceptors (Lipinski definition) is 4. The van der Waals surface area contributed by atoms with Gasteiger partial charge in [-0.05, 0) is 47.7 Å². The van der Waals surface area contributed by atoms with Crippen molar-refractivity contribution in [2.24, 2.45) is 0 Å². The quantitative estimate of drug-likeness (QED) is 0.711. The van der Waals surface area contributed by atoms with Crippen LogP contribution >= 0.6 is 0 Å². The van der Waals surface area contributed by atoms with Gasteiger partial charge in [0.1, 0.15) is 11.8 Å². The zero-order valence-electron chi connectivity index (χ0n) is 20.8. The molecule has 1 unspecified atom stereocenters. The summed E-state index contributed by atoms with van der Waals surface area (Å²) in [5.74, 6) is 0.343. The summed E-state index contributed by atoms with van der Waals surface area (Å²) in [6.45, 7) is 9.90. The number of amides is 3. The Hall–Kier alpha value is -3.35. The van der Waals surface area contributed by atoms with Gasteiger partial charge in [0.15, 0.2) is 0 Å². The lowest BCUT2D eigenvalue weighted by Gasteiger charge is -2.36. The fraction of sp³-hybridized carbons (Fsp3) is 0.444. The van der Waals surface area contributed by atoms with Crippen LogP contribution < -0.4 is 10.1 Å². The molecular weight excluding hydrogens is 430 g/mol. The van der Waals surface area contributed by atoms with E-state index in [4.69, 9.17) is 4.74 Å². The first-order valence-corrected chi connectivity index (χ1v) is 11.7. The predicted molar refractivity (Wildman–Crippen MR) is 132 cm³/mol. The number of nitrogens with one attached hydrogen (secondary N) is 1. The molecule has 3 rings (SSSR count). The standard InChI is InChI=1S/C27H35N3O4/c1-19(28-25(32)21-9-11-22(12-10-21)27(2,3)4)26(33)30-15-13-29(14-16-30)24(31)18-20-7-6-8-23(17-20)34-5/h6-12,17,19H,13-16,18H2,1-5H3,(H,28,32). The Bertz CT molecular complexity index is 1020. The molecule has 1 atom stereocenters. The smallest absolute Gasteiger partial charge is 0.251 e. The fourth-order valence-corrected chi connectivity index (χ4v) is 3.98. The summed E-state index contributed by atoms with van der Waals surface area (Å²) in [5.41, 5.74) is 2.58. The van der Waals surface area contributed by atoms with Crippen LogP contribution in [0.15, 0.2) is 48.5 Å². The molecule has 1 saturated heterocycles. The molecule has 3 amide bonds. The molecule has 182 valence electrons. The van der Waals surface area contributed by atoms with E-state index in [2.05, 4.69) is 26.1 Å². The van der Waals surface area contributed by atoms with Crippen molar-refractivity contribution in [1.82, 2.24) is 15.1 Å². The molecule has 2 aromatic carbocycles. The third-order valence-corrected chi connectivity index (χ3v) is 6.16. The van der Waals surface area contributed by atoms with Crippen LogP contribution in [0.25, 0.3) is 0 Å². The minimum absolute atomic E-state index is 0.00967. The van der Waals surface area contributed by atoms with Gasteiger partial charge in [-0.3, -0.25) is 14.4 Å². The van der Waals surface area contributed by atoms with Crippen LogP contribution in [0.4, 0.5) is 0 Å². The Kier molecular flexibility index (Phi) is 7.97. The van der Waals surface area contributed by atoms with Crippen molar-refractivity contribution in [2.75, 3.05) is 33.3 Å². The van der Waals surface area contributed by atoms with Crippen molar-refractivity contribution in [3.63, 3.8) is 0 Å². The second kappa shape index (κ2) is 10.7. The van der Waals surface area contributed by atoms with Gasteiger partial charge in [-0.25, -0.2) is 0 Å². The molecule has 1 fully saturated rings. The van der Waals surface area contributed by atoms with Gasteiger partial charge in [-0.15, -0.1) is 0 Å². The highest BCUT2D eigenvalue weighted by Crippen LogP contribution is 2.22. The highest BCUT2D eigenvalue weighted by molar-refractivity contribution is 5.97. The number of ether oxygens (including phenoxy) is 1. The van der Waals surface area contributed by atoms with Gasteiger partial charge in [0.25, 0.3) is 5.91 Å². The number of carbonyl (C=O) groups excluding carboxylic acids is 3. The Labute approximate surface area is 202 Å². The Morgan fingerprint density at radius 1 is 0.971 bits per heavy atom. The predicted octanol–water partition coefficient (Wildman–Crippen LogP) is 3.02. The molecule has 0 aliphatic carbocycles. The third-order valence-electron chi connectivity index (χ3n) is 6.16. The lowest BCUT2D eigenvalue weighted by molar-refractivity contribution is -0.140. The van der Waals surface area contributed by atoms with E-state index in [0.717, 1.165) is 16.9 Å². The molecule has 0 radical (unpaired) electrons. The molecular formula is C27H35N3O4. The molecule has 1 aliphatic heterocycles.